The van der Waals surface area contributed by atoms with Crippen LogP contribution >= 0.6 is 0 Å². The molecule has 1 amide bonds. The Labute approximate surface area is 132 Å². The molecule has 0 saturated carbocycles. The van der Waals surface area contributed by atoms with Crippen molar-refractivity contribution in [1.82, 2.24) is 10.3 Å². The number of aromatic nitrogens is 1. The summed E-state index contributed by atoms with van der Waals surface area (Å²) in [4.78, 5) is 15.0. The molecule has 1 heterocycles. The number of halogens is 2. The minimum absolute atomic E-state index is 0.114. The number of fused-ring (bicyclic) bond motifs is 1. The standard InChI is InChI=1S/C18H16F2N2O/c19-15-7-13(8-16(20)10-15)11-22-18(23)4-2-12-1-3-14-5-6-21-17(14)9-12/h1,3,5-10,21H,2,4,11H2,(H,22,23). The quantitative estimate of drug-likeness (QED) is 0.741. The maximum atomic E-state index is 13.1. The molecule has 0 aliphatic carbocycles. The lowest BCUT2D eigenvalue weighted by atomic mass is 10.1. The van der Waals surface area contributed by atoms with E-state index in [-0.39, 0.29) is 12.5 Å². The van der Waals surface area contributed by atoms with Crippen LogP contribution in [0.4, 0.5) is 8.78 Å². The van der Waals surface area contributed by atoms with Gasteiger partial charge in [0, 0.05) is 30.7 Å². The van der Waals surface area contributed by atoms with Crippen LogP contribution < -0.4 is 5.32 Å². The molecule has 3 rings (SSSR count). The molecule has 0 fully saturated rings. The molecule has 2 N–H and O–H groups in total. The lowest BCUT2D eigenvalue weighted by Gasteiger charge is -2.06. The number of hydrogen-bond acceptors (Lipinski definition) is 1. The highest BCUT2D eigenvalue weighted by molar-refractivity contribution is 5.80. The zero-order valence-corrected chi connectivity index (χ0v) is 12.4. The maximum absolute atomic E-state index is 13.1. The summed E-state index contributed by atoms with van der Waals surface area (Å²) in [6.07, 6.45) is 2.81. The highest BCUT2D eigenvalue weighted by Crippen LogP contribution is 2.15. The Morgan fingerprint density at radius 2 is 1.78 bits per heavy atom. The van der Waals surface area contributed by atoms with E-state index in [0.717, 1.165) is 22.5 Å². The van der Waals surface area contributed by atoms with Crippen LogP contribution in [-0.4, -0.2) is 10.9 Å². The number of nitrogens with one attached hydrogen (secondary N) is 2. The van der Waals surface area contributed by atoms with E-state index in [0.29, 0.717) is 18.4 Å². The molecule has 0 unspecified atom stereocenters. The van der Waals surface area contributed by atoms with Crippen molar-refractivity contribution >= 4 is 16.8 Å². The topological polar surface area (TPSA) is 44.9 Å². The summed E-state index contributed by atoms with van der Waals surface area (Å²) in [7, 11) is 0. The van der Waals surface area contributed by atoms with Crippen molar-refractivity contribution in [2.24, 2.45) is 0 Å². The number of aryl methyl sites for hydroxylation is 1. The van der Waals surface area contributed by atoms with Gasteiger partial charge in [-0.15, -0.1) is 0 Å². The van der Waals surface area contributed by atoms with Gasteiger partial charge in [-0.25, -0.2) is 8.78 Å². The highest BCUT2D eigenvalue weighted by atomic mass is 19.1. The smallest absolute Gasteiger partial charge is 0.220 e. The largest absolute Gasteiger partial charge is 0.361 e. The summed E-state index contributed by atoms with van der Waals surface area (Å²) in [6, 6.07) is 11.2. The minimum atomic E-state index is -0.645. The Kier molecular flexibility index (Phi) is 4.37. The SMILES string of the molecule is O=C(CCc1ccc2cc[nH]c2c1)NCc1cc(F)cc(F)c1. The van der Waals surface area contributed by atoms with Crippen molar-refractivity contribution in [3.8, 4) is 0 Å². The highest BCUT2D eigenvalue weighted by Gasteiger charge is 2.05. The normalized spacial score (nSPS) is 10.9. The third-order valence-corrected chi connectivity index (χ3v) is 3.67. The van der Waals surface area contributed by atoms with Crippen LogP contribution in [0.2, 0.25) is 0 Å². The first-order chi connectivity index (χ1) is 11.1. The average Bonchev–Trinajstić information content (AvgIpc) is 2.97. The molecular formula is C18H16F2N2O. The molecule has 0 atom stereocenters. The van der Waals surface area contributed by atoms with Crippen molar-refractivity contribution in [3.63, 3.8) is 0 Å². The third-order valence-electron chi connectivity index (χ3n) is 3.67. The molecule has 1 aromatic heterocycles. The molecule has 0 aliphatic rings. The van der Waals surface area contributed by atoms with Crippen molar-refractivity contribution in [3.05, 3.63) is 71.4 Å². The van der Waals surface area contributed by atoms with Gasteiger partial charge in [0.1, 0.15) is 11.6 Å². The second kappa shape index (κ2) is 6.60. The van der Waals surface area contributed by atoms with E-state index in [1.807, 2.05) is 30.5 Å². The van der Waals surface area contributed by atoms with Crippen LogP contribution in [0.5, 0.6) is 0 Å². The van der Waals surface area contributed by atoms with Gasteiger partial charge in [-0.3, -0.25) is 4.79 Å². The number of aromatic amines is 1. The van der Waals surface area contributed by atoms with Gasteiger partial charge in [0.2, 0.25) is 5.91 Å². The van der Waals surface area contributed by atoms with Crippen LogP contribution in [0, 0.1) is 11.6 Å². The summed E-state index contributed by atoms with van der Waals surface area (Å²) < 4.78 is 26.1. The van der Waals surface area contributed by atoms with Gasteiger partial charge in [-0.05, 0) is 47.2 Å². The summed E-state index contributed by atoms with van der Waals surface area (Å²) in [5, 5.41) is 3.81. The molecule has 23 heavy (non-hydrogen) atoms. The van der Waals surface area contributed by atoms with E-state index in [9.17, 15) is 13.6 Å². The predicted molar refractivity (Wildman–Crippen MR) is 84.8 cm³/mol. The Morgan fingerprint density at radius 3 is 2.57 bits per heavy atom. The van der Waals surface area contributed by atoms with Gasteiger partial charge < -0.3 is 10.3 Å². The first kappa shape index (κ1) is 15.2. The number of H-pyrrole nitrogens is 1. The molecule has 0 aliphatic heterocycles. The van der Waals surface area contributed by atoms with Gasteiger partial charge in [0.15, 0.2) is 0 Å². The molecule has 3 aromatic rings. The first-order valence-electron chi connectivity index (χ1n) is 7.38. The van der Waals surface area contributed by atoms with Crippen LogP contribution in [0.15, 0.2) is 48.7 Å². The number of hydrogen-bond donors (Lipinski definition) is 2. The summed E-state index contributed by atoms with van der Waals surface area (Å²) in [6.45, 7) is 0.114. The van der Waals surface area contributed by atoms with Crippen LogP contribution in [0.3, 0.4) is 0 Å². The van der Waals surface area contributed by atoms with Crippen molar-refractivity contribution in [2.75, 3.05) is 0 Å². The Balaban J connectivity index is 1.52. The average molecular weight is 314 g/mol. The van der Waals surface area contributed by atoms with Gasteiger partial charge in [-0.1, -0.05) is 12.1 Å². The fraction of sp³-hybridized carbons (Fsp3) is 0.167. The van der Waals surface area contributed by atoms with Crippen LogP contribution in [0.1, 0.15) is 17.5 Å². The lowest BCUT2D eigenvalue weighted by molar-refractivity contribution is -0.121. The summed E-state index contributed by atoms with van der Waals surface area (Å²) >= 11 is 0. The molecule has 0 spiro atoms. The molecule has 5 heteroatoms. The maximum Gasteiger partial charge on any atom is 0.220 e. The van der Waals surface area contributed by atoms with E-state index in [4.69, 9.17) is 0 Å². The van der Waals surface area contributed by atoms with Gasteiger partial charge in [-0.2, -0.15) is 0 Å². The van der Waals surface area contributed by atoms with Crippen LogP contribution in [0.25, 0.3) is 10.9 Å². The number of benzene rings is 2. The van der Waals surface area contributed by atoms with Gasteiger partial charge >= 0.3 is 0 Å². The molecule has 118 valence electrons. The second-order valence-electron chi connectivity index (χ2n) is 5.45. The number of carbonyl (C=O) groups excluding carboxylic acids is 1. The second-order valence-corrected chi connectivity index (χ2v) is 5.45. The molecular weight excluding hydrogens is 298 g/mol. The monoisotopic (exact) mass is 314 g/mol. The summed E-state index contributed by atoms with van der Waals surface area (Å²) in [5.74, 6) is -1.44. The van der Waals surface area contributed by atoms with Crippen molar-refractivity contribution in [2.45, 2.75) is 19.4 Å². The molecule has 2 aromatic carbocycles. The van der Waals surface area contributed by atoms with Gasteiger partial charge in [0.25, 0.3) is 0 Å². The fourth-order valence-corrected chi connectivity index (χ4v) is 2.51. The number of amides is 1. The lowest BCUT2D eigenvalue weighted by Crippen LogP contribution is -2.23. The van der Waals surface area contributed by atoms with E-state index in [2.05, 4.69) is 10.3 Å². The number of rotatable bonds is 5. The molecule has 3 nitrogen and oxygen atoms in total. The third kappa shape index (κ3) is 3.94. The number of carbonyl (C=O) groups is 1. The minimum Gasteiger partial charge on any atom is -0.361 e. The zero-order valence-electron chi connectivity index (χ0n) is 12.4. The zero-order chi connectivity index (χ0) is 16.2. The van der Waals surface area contributed by atoms with E-state index in [1.54, 1.807) is 0 Å². The molecule has 0 bridgehead atoms. The Morgan fingerprint density at radius 1 is 1.00 bits per heavy atom. The molecule has 0 radical (unpaired) electrons. The Bertz CT molecular complexity index is 822. The van der Waals surface area contributed by atoms with E-state index < -0.39 is 11.6 Å². The fourth-order valence-electron chi connectivity index (χ4n) is 2.51. The van der Waals surface area contributed by atoms with Gasteiger partial charge in [0.05, 0.1) is 0 Å². The van der Waals surface area contributed by atoms with Crippen molar-refractivity contribution < 1.29 is 13.6 Å². The Hall–Kier alpha value is -2.69. The van der Waals surface area contributed by atoms with Crippen molar-refractivity contribution in [1.29, 1.82) is 0 Å². The predicted octanol–water partition coefficient (Wildman–Crippen LogP) is 3.70. The van der Waals surface area contributed by atoms with E-state index >= 15 is 0 Å². The van der Waals surface area contributed by atoms with Crippen LogP contribution in [-0.2, 0) is 17.8 Å². The summed E-state index contributed by atoms with van der Waals surface area (Å²) in [5.41, 5.74) is 2.51. The van der Waals surface area contributed by atoms with E-state index in [1.165, 1.54) is 12.1 Å². The molecule has 0 saturated heterocycles. The first-order valence-corrected chi connectivity index (χ1v) is 7.38.